The molecule has 3 heterocycles. The average Bonchev–Trinajstić information content (AvgIpc) is 3.49. The lowest BCUT2D eigenvalue weighted by atomic mass is 10.0. The van der Waals surface area contributed by atoms with Crippen molar-refractivity contribution < 1.29 is 0 Å². The number of hydrogen-bond acceptors (Lipinski definition) is 2. The minimum absolute atomic E-state index is 0.0406. The molecular weight excluding hydrogens is 442 g/mol. The zero-order valence-corrected chi connectivity index (χ0v) is 19.2. The predicted octanol–water partition coefficient (Wildman–Crippen LogP) is 7.20. The average molecular weight is 462 g/mol. The first-order valence-corrected chi connectivity index (χ1v) is 12.0. The zero-order valence-electron chi connectivity index (χ0n) is 19.2. The molecule has 0 radical (unpaired) electrons. The molecule has 0 saturated carbocycles. The van der Waals surface area contributed by atoms with Gasteiger partial charge in [0.15, 0.2) is 0 Å². The van der Waals surface area contributed by atoms with E-state index in [1.165, 1.54) is 5.39 Å². The molecule has 5 aromatic carbocycles. The van der Waals surface area contributed by atoms with Crippen LogP contribution >= 0.6 is 0 Å². The van der Waals surface area contributed by atoms with Gasteiger partial charge in [-0.05, 0) is 35.7 Å². The van der Waals surface area contributed by atoms with Crippen LogP contribution < -0.4 is 5.56 Å². The smallest absolute Gasteiger partial charge is 0.264 e. The molecule has 0 amide bonds. The lowest BCUT2D eigenvalue weighted by Gasteiger charge is -2.12. The van der Waals surface area contributed by atoms with Gasteiger partial charge in [0.1, 0.15) is 5.82 Å². The first-order chi connectivity index (χ1) is 17.8. The van der Waals surface area contributed by atoms with Crippen molar-refractivity contribution in [3.63, 3.8) is 0 Å². The Morgan fingerprint density at radius 1 is 0.583 bits per heavy atom. The maximum atomic E-state index is 13.9. The second-order valence-electron chi connectivity index (χ2n) is 9.19. The summed E-state index contributed by atoms with van der Waals surface area (Å²) in [5, 5.41) is 4.99. The van der Waals surface area contributed by atoms with Gasteiger partial charge in [0.05, 0.1) is 22.1 Å². The molecule has 0 atom stereocenters. The molecule has 0 spiro atoms. The van der Waals surface area contributed by atoms with Gasteiger partial charge < -0.3 is 4.57 Å². The summed E-state index contributed by atoms with van der Waals surface area (Å²) in [7, 11) is 0. The summed E-state index contributed by atoms with van der Waals surface area (Å²) in [6.07, 6.45) is 0. The third kappa shape index (κ3) is 2.42. The number of fused-ring (bicyclic) bond motifs is 6. The van der Waals surface area contributed by atoms with Crippen molar-refractivity contribution in [2.45, 2.75) is 0 Å². The van der Waals surface area contributed by atoms with Crippen LogP contribution in [0.25, 0.3) is 66.1 Å². The molecule has 168 valence electrons. The molecule has 3 aromatic heterocycles. The molecule has 4 heteroatoms. The van der Waals surface area contributed by atoms with Crippen molar-refractivity contribution in [1.82, 2.24) is 14.0 Å². The first kappa shape index (κ1) is 19.4. The molecule has 0 aliphatic heterocycles. The Hall–Kier alpha value is -4.96. The third-order valence-corrected chi connectivity index (χ3v) is 7.25. The number of benzene rings is 5. The van der Waals surface area contributed by atoms with Gasteiger partial charge in [-0.2, -0.15) is 0 Å². The molecule has 0 unspecified atom stereocenters. The lowest BCUT2D eigenvalue weighted by Crippen LogP contribution is -2.14. The molecule has 4 nitrogen and oxygen atoms in total. The monoisotopic (exact) mass is 461 g/mol. The minimum atomic E-state index is -0.0406. The summed E-state index contributed by atoms with van der Waals surface area (Å²) >= 11 is 0. The highest BCUT2D eigenvalue weighted by Gasteiger charge is 2.24. The summed E-state index contributed by atoms with van der Waals surface area (Å²) in [5.41, 5.74) is 5.89. The molecule has 0 N–H and O–H groups in total. The van der Waals surface area contributed by atoms with Crippen molar-refractivity contribution in [1.29, 1.82) is 0 Å². The van der Waals surface area contributed by atoms with Crippen molar-refractivity contribution >= 4 is 49.0 Å². The van der Waals surface area contributed by atoms with E-state index >= 15 is 0 Å². The maximum absolute atomic E-state index is 13.9. The number of imidazole rings is 1. The Kier molecular flexibility index (Phi) is 3.78. The normalized spacial score (nSPS) is 12.0. The van der Waals surface area contributed by atoms with E-state index in [0.717, 1.165) is 49.5 Å². The van der Waals surface area contributed by atoms with Gasteiger partial charge in [-0.3, -0.25) is 9.20 Å². The number of rotatable bonds is 2. The van der Waals surface area contributed by atoms with E-state index in [-0.39, 0.29) is 5.56 Å². The Labute approximate surface area is 205 Å². The van der Waals surface area contributed by atoms with E-state index in [0.29, 0.717) is 11.2 Å². The van der Waals surface area contributed by atoms with E-state index in [9.17, 15) is 4.79 Å². The Balaban J connectivity index is 1.72. The molecule has 0 saturated heterocycles. The quantitative estimate of drug-likeness (QED) is 0.255. The fourth-order valence-corrected chi connectivity index (χ4v) is 5.77. The summed E-state index contributed by atoms with van der Waals surface area (Å²) < 4.78 is 4.14. The maximum Gasteiger partial charge on any atom is 0.264 e. The number of hydrogen-bond donors (Lipinski definition) is 0. The van der Waals surface area contributed by atoms with Gasteiger partial charge in [0.2, 0.25) is 0 Å². The largest absolute Gasteiger partial charge is 0.309 e. The van der Waals surface area contributed by atoms with Gasteiger partial charge in [-0.1, -0.05) is 84.9 Å². The summed E-state index contributed by atoms with van der Waals surface area (Å²) in [6.45, 7) is 0. The van der Waals surface area contributed by atoms with Crippen molar-refractivity contribution in [2.24, 2.45) is 0 Å². The summed E-state index contributed by atoms with van der Waals surface area (Å²) in [5.74, 6) is 0.676. The Morgan fingerprint density at radius 2 is 1.22 bits per heavy atom. The fourth-order valence-electron chi connectivity index (χ4n) is 5.77. The van der Waals surface area contributed by atoms with E-state index in [2.05, 4.69) is 65.2 Å². The molecule has 8 aromatic rings. The van der Waals surface area contributed by atoms with Crippen LogP contribution in [0, 0.1) is 0 Å². The van der Waals surface area contributed by atoms with Crippen molar-refractivity contribution in [3.05, 3.63) is 126 Å². The second-order valence-corrected chi connectivity index (χ2v) is 9.19. The van der Waals surface area contributed by atoms with Gasteiger partial charge in [0.25, 0.3) is 5.56 Å². The highest BCUT2D eigenvalue weighted by molar-refractivity contribution is 6.28. The van der Waals surface area contributed by atoms with E-state index in [1.54, 1.807) is 0 Å². The van der Waals surface area contributed by atoms with Crippen molar-refractivity contribution in [3.8, 4) is 17.1 Å². The van der Waals surface area contributed by atoms with E-state index in [1.807, 2.05) is 59.0 Å². The highest BCUT2D eigenvalue weighted by atomic mass is 16.1. The van der Waals surface area contributed by atoms with Gasteiger partial charge in [0, 0.05) is 32.8 Å². The van der Waals surface area contributed by atoms with Crippen LogP contribution in [0.3, 0.4) is 0 Å². The van der Waals surface area contributed by atoms with Gasteiger partial charge in [-0.25, -0.2) is 4.98 Å². The SMILES string of the molecule is O=c1c2ccccc2c2c3c(cc4nc(-c5ccccc5)n1c42)c1ccccc1n3-c1ccccc1. The molecule has 0 aliphatic carbocycles. The fraction of sp³-hybridized carbons (Fsp3) is 0. The Bertz CT molecular complexity index is 2160. The van der Waals surface area contributed by atoms with Crippen LogP contribution in [0.4, 0.5) is 0 Å². The van der Waals surface area contributed by atoms with Crippen LogP contribution in [0.1, 0.15) is 0 Å². The van der Waals surface area contributed by atoms with E-state index < -0.39 is 0 Å². The molecular formula is C32H19N3O. The number of pyridine rings is 1. The van der Waals surface area contributed by atoms with Gasteiger partial charge >= 0.3 is 0 Å². The summed E-state index contributed by atoms with van der Waals surface area (Å²) in [4.78, 5) is 19.0. The van der Waals surface area contributed by atoms with Crippen LogP contribution in [-0.4, -0.2) is 14.0 Å². The first-order valence-electron chi connectivity index (χ1n) is 12.0. The zero-order chi connectivity index (χ0) is 23.8. The molecule has 36 heavy (non-hydrogen) atoms. The molecule has 8 rings (SSSR count). The Morgan fingerprint density at radius 3 is 2.00 bits per heavy atom. The summed E-state index contributed by atoms with van der Waals surface area (Å²) in [6, 6.07) is 39.0. The topological polar surface area (TPSA) is 39.3 Å². The molecule has 0 fully saturated rings. The third-order valence-electron chi connectivity index (χ3n) is 7.25. The standard InChI is InChI=1S/C32H19N3O/c36-32-24-17-8-7-16-23(24)28-29-25(19-26-30(28)35(32)31(33-26)20-11-3-1-4-12-20)22-15-9-10-18-27(22)34(29)21-13-5-2-6-14-21/h1-19H. The number of aromatic nitrogens is 3. The minimum Gasteiger partial charge on any atom is -0.309 e. The number of para-hydroxylation sites is 2. The number of nitrogens with zero attached hydrogens (tertiary/aromatic N) is 3. The van der Waals surface area contributed by atoms with Crippen molar-refractivity contribution in [2.75, 3.05) is 0 Å². The van der Waals surface area contributed by atoms with Crippen LogP contribution in [0.5, 0.6) is 0 Å². The van der Waals surface area contributed by atoms with E-state index in [4.69, 9.17) is 4.98 Å². The predicted molar refractivity (Wildman–Crippen MR) is 147 cm³/mol. The second kappa shape index (κ2) is 7.03. The molecule has 0 aliphatic rings. The lowest BCUT2D eigenvalue weighted by molar-refractivity contribution is 1.12. The van der Waals surface area contributed by atoms with Crippen LogP contribution in [0.2, 0.25) is 0 Å². The highest BCUT2D eigenvalue weighted by Crippen LogP contribution is 2.41. The van der Waals surface area contributed by atoms with Gasteiger partial charge in [-0.15, -0.1) is 0 Å². The van der Waals surface area contributed by atoms with Crippen LogP contribution in [-0.2, 0) is 0 Å². The molecule has 0 bridgehead atoms. The van der Waals surface area contributed by atoms with Crippen LogP contribution in [0.15, 0.2) is 120 Å².